The second kappa shape index (κ2) is 17.2. The lowest BCUT2D eigenvalue weighted by molar-refractivity contribution is -0.147. The summed E-state index contributed by atoms with van der Waals surface area (Å²) in [5.41, 5.74) is 4.04. The fourth-order valence-corrected chi connectivity index (χ4v) is 5.16. The zero-order chi connectivity index (χ0) is 30.3. The number of hydrogen-bond acceptors (Lipinski definition) is 6. The SMILES string of the molecule is C=C[C@H](OCc1ccccc1)[C@@H](OCc1ccccc1)[C@H](OCc1ccccc1)[C@@H](CCO)c1ccc(OC)c(OC)c1. The predicted molar refractivity (Wildman–Crippen MR) is 169 cm³/mol. The Balaban J connectivity index is 1.74. The van der Waals surface area contributed by atoms with Crippen LogP contribution in [0.5, 0.6) is 11.5 Å². The average molecular weight is 583 g/mol. The number of methoxy groups -OCH3 is 2. The van der Waals surface area contributed by atoms with Gasteiger partial charge in [-0.25, -0.2) is 0 Å². The van der Waals surface area contributed by atoms with Crippen LogP contribution in [-0.4, -0.2) is 44.2 Å². The van der Waals surface area contributed by atoms with Crippen molar-refractivity contribution in [2.24, 2.45) is 0 Å². The van der Waals surface area contributed by atoms with Gasteiger partial charge >= 0.3 is 0 Å². The monoisotopic (exact) mass is 582 g/mol. The van der Waals surface area contributed by atoms with Gasteiger partial charge in [0.1, 0.15) is 12.2 Å². The number of aliphatic hydroxyl groups excluding tert-OH is 1. The molecule has 0 amide bonds. The molecule has 0 aliphatic heterocycles. The van der Waals surface area contributed by atoms with Crippen molar-refractivity contribution in [3.63, 3.8) is 0 Å². The molecule has 0 bridgehead atoms. The van der Waals surface area contributed by atoms with E-state index in [1.54, 1.807) is 20.3 Å². The first-order chi connectivity index (χ1) is 21.2. The summed E-state index contributed by atoms with van der Waals surface area (Å²) >= 11 is 0. The lowest BCUT2D eigenvalue weighted by Crippen LogP contribution is -2.45. The van der Waals surface area contributed by atoms with Crippen LogP contribution in [0.3, 0.4) is 0 Å². The van der Waals surface area contributed by atoms with E-state index >= 15 is 0 Å². The highest BCUT2D eigenvalue weighted by Gasteiger charge is 2.37. The van der Waals surface area contributed by atoms with Gasteiger partial charge in [0.25, 0.3) is 0 Å². The normalized spacial score (nSPS) is 13.9. The second-order valence-electron chi connectivity index (χ2n) is 10.3. The smallest absolute Gasteiger partial charge is 0.160 e. The van der Waals surface area contributed by atoms with Crippen LogP contribution in [-0.2, 0) is 34.0 Å². The van der Waals surface area contributed by atoms with Crippen LogP contribution in [0.1, 0.15) is 34.6 Å². The third-order valence-electron chi connectivity index (χ3n) is 7.41. The third-order valence-corrected chi connectivity index (χ3v) is 7.41. The molecule has 0 aliphatic rings. The number of benzene rings is 4. The van der Waals surface area contributed by atoms with Gasteiger partial charge in [0.15, 0.2) is 11.5 Å². The van der Waals surface area contributed by atoms with Crippen molar-refractivity contribution >= 4 is 0 Å². The maximum Gasteiger partial charge on any atom is 0.160 e. The minimum Gasteiger partial charge on any atom is -0.493 e. The summed E-state index contributed by atoms with van der Waals surface area (Å²) in [6.07, 6.45) is 0.624. The Bertz CT molecular complexity index is 1350. The molecule has 0 spiro atoms. The Morgan fingerprint density at radius 2 is 1.12 bits per heavy atom. The van der Waals surface area contributed by atoms with Crippen LogP contribution in [0.2, 0.25) is 0 Å². The number of ether oxygens (including phenoxy) is 5. The first-order valence-corrected chi connectivity index (χ1v) is 14.6. The van der Waals surface area contributed by atoms with Gasteiger partial charge in [-0.3, -0.25) is 0 Å². The summed E-state index contributed by atoms with van der Waals surface area (Å²) in [5, 5.41) is 10.3. The van der Waals surface area contributed by atoms with E-state index in [1.807, 2.05) is 109 Å². The molecule has 1 N–H and O–H groups in total. The molecule has 0 saturated heterocycles. The van der Waals surface area contributed by atoms with E-state index in [1.165, 1.54) is 0 Å². The Morgan fingerprint density at radius 3 is 1.58 bits per heavy atom. The van der Waals surface area contributed by atoms with Gasteiger partial charge in [0, 0.05) is 12.5 Å². The quantitative estimate of drug-likeness (QED) is 0.126. The third kappa shape index (κ3) is 9.27. The van der Waals surface area contributed by atoms with Gasteiger partial charge in [-0.05, 0) is 40.8 Å². The van der Waals surface area contributed by atoms with Gasteiger partial charge in [0.05, 0.1) is 40.1 Å². The van der Waals surface area contributed by atoms with Gasteiger partial charge in [-0.1, -0.05) is 103 Å². The minimum atomic E-state index is -0.560. The van der Waals surface area contributed by atoms with Gasteiger partial charge in [0.2, 0.25) is 0 Å². The van der Waals surface area contributed by atoms with Gasteiger partial charge in [-0.2, -0.15) is 0 Å². The molecule has 6 heteroatoms. The Labute approximate surface area is 255 Å². The molecule has 0 aromatic heterocycles. The highest BCUT2D eigenvalue weighted by Crippen LogP contribution is 2.37. The Morgan fingerprint density at radius 1 is 0.628 bits per heavy atom. The minimum absolute atomic E-state index is 0.0424. The molecule has 226 valence electrons. The van der Waals surface area contributed by atoms with E-state index in [2.05, 4.69) is 6.58 Å². The molecule has 0 heterocycles. The molecular weight excluding hydrogens is 540 g/mol. The highest BCUT2D eigenvalue weighted by atomic mass is 16.6. The van der Waals surface area contributed by atoms with E-state index in [0.717, 1.165) is 22.3 Å². The summed E-state index contributed by atoms with van der Waals surface area (Å²) in [6, 6.07) is 35.9. The van der Waals surface area contributed by atoms with Crippen molar-refractivity contribution in [3.05, 3.63) is 144 Å². The van der Waals surface area contributed by atoms with E-state index in [-0.39, 0.29) is 12.5 Å². The summed E-state index contributed by atoms with van der Waals surface area (Å²) in [5.74, 6) is 0.965. The second-order valence-corrected chi connectivity index (χ2v) is 10.3. The molecule has 0 fully saturated rings. The van der Waals surface area contributed by atoms with E-state index < -0.39 is 18.3 Å². The summed E-state index contributed by atoms with van der Waals surface area (Å²) < 4.78 is 31.1. The zero-order valence-corrected chi connectivity index (χ0v) is 25.0. The average Bonchev–Trinajstić information content (AvgIpc) is 3.07. The number of aliphatic hydroxyl groups is 1. The fraction of sp³-hybridized carbons (Fsp3) is 0.297. The van der Waals surface area contributed by atoms with Crippen LogP contribution in [0.4, 0.5) is 0 Å². The lowest BCUT2D eigenvalue weighted by atomic mass is 9.85. The first-order valence-electron chi connectivity index (χ1n) is 14.6. The largest absolute Gasteiger partial charge is 0.493 e. The highest BCUT2D eigenvalue weighted by molar-refractivity contribution is 5.44. The summed E-state index contributed by atoms with van der Waals surface area (Å²) in [7, 11) is 3.23. The molecule has 4 rings (SSSR count). The molecule has 0 unspecified atom stereocenters. The van der Waals surface area contributed by atoms with Gasteiger partial charge in [-0.15, -0.1) is 6.58 Å². The van der Waals surface area contributed by atoms with Crippen molar-refractivity contribution in [1.82, 2.24) is 0 Å². The maximum atomic E-state index is 10.3. The van der Waals surface area contributed by atoms with Crippen LogP contribution in [0, 0.1) is 0 Å². The van der Waals surface area contributed by atoms with E-state index in [4.69, 9.17) is 23.7 Å². The molecule has 0 saturated carbocycles. The van der Waals surface area contributed by atoms with E-state index in [9.17, 15) is 5.11 Å². The van der Waals surface area contributed by atoms with Crippen LogP contribution >= 0.6 is 0 Å². The first kappa shape index (κ1) is 32.0. The Hall–Kier alpha value is -3.94. The molecule has 4 atom stereocenters. The molecule has 4 aromatic carbocycles. The van der Waals surface area contributed by atoms with Crippen molar-refractivity contribution in [2.45, 2.75) is 50.5 Å². The summed E-state index contributed by atoms with van der Waals surface area (Å²) in [6.45, 7) is 5.18. The number of hydrogen-bond donors (Lipinski definition) is 1. The van der Waals surface area contributed by atoms with Crippen LogP contribution in [0.25, 0.3) is 0 Å². The zero-order valence-electron chi connectivity index (χ0n) is 25.0. The van der Waals surface area contributed by atoms with Crippen molar-refractivity contribution in [2.75, 3.05) is 20.8 Å². The van der Waals surface area contributed by atoms with E-state index in [0.29, 0.717) is 37.7 Å². The van der Waals surface area contributed by atoms with Gasteiger partial charge < -0.3 is 28.8 Å². The molecule has 0 aliphatic carbocycles. The summed E-state index contributed by atoms with van der Waals surface area (Å²) in [4.78, 5) is 0. The maximum absolute atomic E-state index is 10.3. The fourth-order valence-electron chi connectivity index (χ4n) is 5.16. The van der Waals surface area contributed by atoms with Crippen molar-refractivity contribution < 1.29 is 28.8 Å². The van der Waals surface area contributed by atoms with Crippen molar-refractivity contribution in [1.29, 1.82) is 0 Å². The molecular formula is C37H42O6. The van der Waals surface area contributed by atoms with Crippen LogP contribution in [0.15, 0.2) is 122 Å². The lowest BCUT2D eigenvalue weighted by Gasteiger charge is -2.37. The Kier molecular flexibility index (Phi) is 12.8. The topological polar surface area (TPSA) is 66.4 Å². The number of rotatable bonds is 18. The molecule has 43 heavy (non-hydrogen) atoms. The van der Waals surface area contributed by atoms with Crippen LogP contribution < -0.4 is 9.47 Å². The molecule has 0 radical (unpaired) electrons. The standard InChI is InChI=1S/C37H42O6/c1-4-33(41-25-28-14-8-5-9-15-28)37(43-27-30-18-12-7-13-19-30)36(42-26-29-16-10-6-11-17-29)32(22-23-38)31-20-21-34(39-2)35(24-31)40-3/h4-21,24,32-33,36-38H,1,22-23,25-27H2,2-3H3/t32-,33-,36+,37+/m0/s1. The predicted octanol–water partition coefficient (Wildman–Crippen LogP) is 7.11. The molecule has 4 aromatic rings. The molecule has 6 nitrogen and oxygen atoms in total. The van der Waals surface area contributed by atoms with Crippen molar-refractivity contribution in [3.8, 4) is 11.5 Å².